The number of nitrogens with zero attached hydrogens (tertiary/aromatic N) is 1. The highest BCUT2D eigenvalue weighted by Gasteiger charge is 2.29. The van der Waals surface area contributed by atoms with Crippen LogP contribution in [0.3, 0.4) is 0 Å². The SMILES string of the molecule is CCCNC(C)(CCCN1CCC(CC)CC1)C(N)=O. The van der Waals surface area contributed by atoms with E-state index in [9.17, 15) is 4.79 Å². The Morgan fingerprint density at radius 2 is 2.00 bits per heavy atom. The number of primary amides is 1. The zero-order chi connectivity index (χ0) is 15.0. The van der Waals surface area contributed by atoms with Gasteiger partial charge in [-0.05, 0) is 71.1 Å². The molecule has 1 aliphatic heterocycles. The number of likely N-dealkylation sites (tertiary alicyclic amines) is 1. The molecule has 0 aliphatic carbocycles. The molecule has 1 saturated heterocycles. The van der Waals surface area contributed by atoms with E-state index in [1.807, 2.05) is 6.92 Å². The van der Waals surface area contributed by atoms with E-state index >= 15 is 0 Å². The molecule has 0 aromatic rings. The molecule has 1 amide bonds. The Morgan fingerprint density at radius 3 is 2.50 bits per heavy atom. The summed E-state index contributed by atoms with van der Waals surface area (Å²) < 4.78 is 0. The lowest BCUT2D eigenvalue weighted by Gasteiger charge is -2.33. The van der Waals surface area contributed by atoms with Gasteiger partial charge in [0.1, 0.15) is 0 Å². The van der Waals surface area contributed by atoms with E-state index < -0.39 is 5.54 Å². The van der Waals surface area contributed by atoms with E-state index in [-0.39, 0.29) is 5.91 Å². The van der Waals surface area contributed by atoms with Crippen molar-refractivity contribution >= 4 is 5.91 Å². The smallest absolute Gasteiger partial charge is 0.237 e. The van der Waals surface area contributed by atoms with Gasteiger partial charge in [0.25, 0.3) is 0 Å². The molecule has 1 fully saturated rings. The predicted molar refractivity (Wildman–Crippen MR) is 84.6 cm³/mol. The third kappa shape index (κ3) is 5.41. The van der Waals surface area contributed by atoms with Gasteiger partial charge in [0.15, 0.2) is 0 Å². The molecule has 4 nitrogen and oxygen atoms in total. The first kappa shape index (κ1) is 17.4. The molecule has 0 saturated carbocycles. The third-order valence-electron chi connectivity index (χ3n) is 4.74. The summed E-state index contributed by atoms with van der Waals surface area (Å²) in [7, 11) is 0. The van der Waals surface area contributed by atoms with Gasteiger partial charge in [0, 0.05) is 0 Å². The van der Waals surface area contributed by atoms with E-state index in [1.165, 1.54) is 32.4 Å². The van der Waals surface area contributed by atoms with Crippen molar-refractivity contribution in [2.45, 2.75) is 64.8 Å². The normalized spacial score (nSPS) is 20.8. The molecule has 20 heavy (non-hydrogen) atoms. The van der Waals surface area contributed by atoms with Crippen LogP contribution in [0.1, 0.15) is 59.3 Å². The van der Waals surface area contributed by atoms with Crippen LogP contribution >= 0.6 is 0 Å². The van der Waals surface area contributed by atoms with Crippen LogP contribution < -0.4 is 11.1 Å². The summed E-state index contributed by atoms with van der Waals surface area (Å²) >= 11 is 0. The minimum Gasteiger partial charge on any atom is -0.368 e. The number of amides is 1. The topological polar surface area (TPSA) is 58.4 Å². The van der Waals surface area contributed by atoms with Crippen LogP contribution in [0, 0.1) is 5.92 Å². The van der Waals surface area contributed by atoms with Crippen LogP contribution in [-0.2, 0) is 4.79 Å². The molecule has 1 rings (SSSR count). The summed E-state index contributed by atoms with van der Waals surface area (Å²) in [6.07, 6.45) is 6.86. The van der Waals surface area contributed by atoms with Crippen LogP contribution in [0.5, 0.6) is 0 Å². The lowest BCUT2D eigenvalue weighted by atomic mass is 9.92. The molecule has 0 radical (unpaired) electrons. The lowest BCUT2D eigenvalue weighted by Crippen LogP contribution is -2.53. The Kier molecular flexibility index (Phi) is 7.52. The quantitative estimate of drug-likeness (QED) is 0.681. The predicted octanol–water partition coefficient (Wildman–Crippen LogP) is 2.13. The minimum atomic E-state index is -0.544. The Morgan fingerprint density at radius 1 is 1.35 bits per heavy atom. The first-order valence-electron chi connectivity index (χ1n) is 8.29. The minimum absolute atomic E-state index is 0.226. The molecule has 1 atom stereocenters. The standard InChI is InChI=1S/C16H33N3O/c1-4-10-18-16(3,15(17)20)9-6-11-19-12-7-14(5-2)8-13-19/h14,18H,4-13H2,1-3H3,(H2,17,20). The zero-order valence-corrected chi connectivity index (χ0v) is 13.6. The van der Waals surface area contributed by atoms with E-state index in [0.29, 0.717) is 0 Å². The molecule has 4 heteroatoms. The van der Waals surface area contributed by atoms with Gasteiger partial charge in [-0.2, -0.15) is 0 Å². The summed E-state index contributed by atoms with van der Waals surface area (Å²) in [4.78, 5) is 14.2. The average molecular weight is 283 g/mol. The Hall–Kier alpha value is -0.610. The average Bonchev–Trinajstić information content (AvgIpc) is 2.45. The molecule has 3 N–H and O–H groups in total. The second-order valence-corrected chi connectivity index (χ2v) is 6.42. The molecule has 0 aromatic carbocycles. The van der Waals surface area contributed by atoms with E-state index in [2.05, 4.69) is 24.1 Å². The molecule has 1 heterocycles. The Labute approximate surface area is 124 Å². The molecule has 1 unspecified atom stereocenters. The van der Waals surface area contributed by atoms with Crippen molar-refractivity contribution in [3.63, 3.8) is 0 Å². The van der Waals surface area contributed by atoms with Crippen molar-refractivity contribution in [2.75, 3.05) is 26.2 Å². The maximum atomic E-state index is 11.6. The Bertz CT molecular complexity index is 287. The first-order chi connectivity index (χ1) is 9.51. The number of hydrogen-bond acceptors (Lipinski definition) is 3. The molecule has 0 spiro atoms. The number of hydrogen-bond donors (Lipinski definition) is 2. The van der Waals surface area contributed by atoms with Crippen LogP contribution in [-0.4, -0.2) is 42.5 Å². The number of piperidine rings is 1. The zero-order valence-electron chi connectivity index (χ0n) is 13.6. The maximum Gasteiger partial charge on any atom is 0.237 e. The molecule has 0 bridgehead atoms. The molecule has 0 aromatic heterocycles. The summed E-state index contributed by atoms with van der Waals surface area (Å²) in [6.45, 7) is 10.7. The largest absolute Gasteiger partial charge is 0.368 e. The summed E-state index contributed by atoms with van der Waals surface area (Å²) in [5, 5.41) is 3.31. The summed E-state index contributed by atoms with van der Waals surface area (Å²) in [6, 6.07) is 0. The number of carbonyl (C=O) groups is 1. The number of nitrogens with one attached hydrogen (secondary N) is 1. The number of carbonyl (C=O) groups excluding carboxylic acids is 1. The van der Waals surface area contributed by atoms with Crippen molar-refractivity contribution < 1.29 is 4.79 Å². The Balaban J connectivity index is 2.29. The van der Waals surface area contributed by atoms with Gasteiger partial charge in [0.2, 0.25) is 5.91 Å². The van der Waals surface area contributed by atoms with Crippen LogP contribution in [0.4, 0.5) is 0 Å². The fourth-order valence-electron chi connectivity index (χ4n) is 2.97. The van der Waals surface area contributed by atoms with Gasteiger partial charge in [0.05, 0.1) is 5.54 Å². The number of rotatable bonds is 9. The van der Waals surface area contributed by atoms with Crippen LogP contribution in [0.2, 0.25) is 0 Å². The van der Waals surface area contributed by atoms with E-state index in [0.717, 1.165) is 38.3 Å². The maximum absolute atomic E-state index is 11.6. The fourth-order valence-corrected chi connectivity index (χ4v) is 2.97. The van der Waals surface area contributed by atoms with Gasteiger partial charge < -0.3 is 16.0 Å². The van der Waals surface area contributed by atoms with Gasteiger partial charge in [-0.15, -0.1) is 0 Å². The van der Waals surface area contributed by atoms with Crippen LogP contribution in [0.25, 0.3) is 0 Å². The van der Waals surface area contributed by atoms with Crippen molar-refractivity contribution in [1.82, 2.24) is 10.2 Å². The monoisotopic (exact) mass is 283 g/mol. The molecular formula is C16H33N3O. The van der Waals surface area contributed by atoms with Gasteiger partial charge in [-0.25, -0.2) is 0 Å². The molecule has 1 aliphatic rings. The second kappa shape index (κ2) is 8.63. The molecule has 118 valence electrons. The highest BCUT2D eigenvalue weighted by atomic mass is 16.1. The van der Waals surface area contributed by atoms with E-state index in [1.54, 1.807) is 0 Å². The summed E-state index contributed by atoms with van der Waals surface area (Å²) in [5.41, 5.74) is 5.01. The van der Waals surface area contributed by atoms with Crippen molar-refractivity contribution in [2.24, 2.45) is 11.7 Å². The third-order valence-corrected chi connectivity index (χ3v) is 4.74. The highest BCUT2D eigenvalue weighted by Crippen LogP contribution is 2.21. The van der Waals surface area contributed by atoms with Crippen LogP contribution in [0.15, 0.2) is 0 Å². The summed E-state index contributed by atoms with van der Waals surface area (Å²) in [5.74, 6) is 0.698. The highest BCUT2D eigenvalue weighted by molar-refractivity contribution is 5.84. The lowest BCUT2D eigenvalue weighted by molar-refractivity contribution is -0.124. The van der Waals surface area contributed by atoms with Gasteiger partial charge in [-0.3, -0.25) is 4.79 Å². The van der Waals surface area contributed by atoms with Crippen molar-refractivity contribution in [3.05, 3.63) is 0 Å². The number of nitrogens with two attached hydrogens (primary N) is 1. The fraction of sp³-hybridized carbons (Fsp3) is 0.938. The van der Waals surface area contributed by atoms with E-state index in [4.69, 9.17) is 5.73 Å². The molecular weight excluding hydrogens is 250 g/mol. The second-order valence-electron chi connectivity index (χ2n) is 6.42. The van der Waals surface area contributed by atoms with Gasteiger partial charge >= 0.3 is 0 Å². The van der Waals surface area contributed by atoms with Crippen molar-refractivity contribution in [1.29, 1.82) is 0 Å². The first-order valence-corrected chi connectivity index (χ1v) is 8.29. The van der Waals surface area contributed by atoms with Gasteiger partial charge in [-0.1, -0.05) is 20.3 Å². The van der Waals surface area contributed by atoms with Crippen molar-refractivity contribution in [3.8, 4) is 0 Å².